The quantitative estimate of drug-likeness (QED) is 0.625. The number of benzene rings is 2. The van der Waals surface area contributed by atoms with Crippen molar-refractivity contribution in [2.24, 2.45) is 0 Å². The first-order valence-corrected chi connectivity index (χ1v) is 10.5. The van der Waals surface area contributed by atoms with Gasteiger partial charge in [0, 0.05) is 11.6 Å². The van der Waals surface area contributed by atoms with Crippen molar-refractivity contribution < 1.29 is 32.2 Å². The van der Waals surface area contributed by atoms with E-state index in [1.807, 2.05) is 6.92 Å². The number of hydrogen-bond acceptors (Lipinski definition) is 7. The molecule has 0 saturated carbocycles. The van der Waals surface area contributed by atoms with Gasteiger partial charge in [-0.2, -0.15) is 0 Å². The molecule has 2 N–H and O–H groups in total. The third kappa shape index (κ3) is 4.90. The fraction of sp³-hybridized carbons (Fsp3) is 0.316. The molecule has 0 saturated heterocycles. The maximum Gasteiger partial charge on any atom is 0.266 e. The minimum atomic E-state index is -4.03. The number of amides is 1. The zero-order valence-corrected chi connectivity index (χ0v) is 16.9. The first-order valence-electron chi connectivity index (χ1n) is 9.06. The van der Waals surface area contributed by atoms with Gasteiger partial charge in [-0.15, -0.1) is 4.83 Å². The van der Waals surface area contributed by atoms with Crippen LogP contribution >= 0.6 is 0 Å². The fourth-order valence-corrected chi connectivity index (χ4v) is 3.48. The van der Waals surface area contributed by atoms with Gasteiger partial charge in [0.05, 0.1) is 18.1 Å². The molecule has 1 aliphatic rings. The van der Waals surface area contributed by atoms with Gasteiger partial charge in [-0.3, -0.25) is 10.2 Å². The van der Waals surface area contributed by atoms with Crippen molar-refractivity contribution in [3.8, 4) is 23.0 Å². The molecule has 0 atom stereocenters. The van der Waals surface area contributed by atoms with Crippen molar-refractivity contribution in [2.45, 2.75) is 18.7 Å². The van der Waals surface area contributed by atoms with Gasteiger partial charge >= 0.3 is 0 Å². The molecule has 1 heterocycles. The number of sulfonamides is 1. The first-order chi connectivity index (χ1) is 13.9. The number of hydrogen-bond donors (Lipinski definition) is 2. The SMILES string of the molecule is CCOc1ccc(S(=O)(=O)NNC(=O)c2ccc3c(c2)OCCO3)cc1OCC. The Balaban J connectivity index is 1.72. The van der Waals surface area contributed by atoms with Crippen molar-refractivity contribution >= 4 is 15.9 Å². The van der Waals surface area contributed by atoms with Crippen LogP contribution in [0.1, 0.15) is 24.2 Å². The van der Waals surface area contributed by atoms with Crippen LogP contribution in [-0.4, -0.2) is 40.8 Å². The molecule has 2 aromatic rings. The predicted molar refractivity (Wildman–Crippen MR) is 104 cm³/mol. The fourth-order valence-electron chi connectivity index (χ4n) is 2.63. The Bertz CT molecular complexity index is 992. The van der Waals surface area contributed by atoms with Gasteiger partial charge in [-0.25, -0.2) is 8.42 Å². The van der Waals surface area contributed by atoms with Crippen molar-refractivity contribution in [2.75, 3.05) is 26.4 Å². The van der Waals surface area contributed by atoms with Crippen molar-refractivity contribution in [3.05, 3.63) is 42.0 Å². The van der Waals surface area contributed by atoms with E-state index in [0.29, 0.717) is 49.4 Å². The lowest BCUT2D eigenvalue weighted by molar-refractivity contribution is 0.0944. The summed E-state index contributed by atoms with van der Waals surface area (Å²) in [4.78, 5) is 14.3. The highest BCUT2D eigenvalue weighted by atomic mass is 32.2. The number of fused-ring (bicyclic) bond motifs is 1. The van der Waals surface area contributed by atoms with Gasteiger partial charge in [0.1, 0.15) is 13.2 Å². The van der Waals surface area contributed by atoms with Crippen molar-refractivity contribution in [1.29, 1.82) is 0 Å². The van der Waals surface area contributed by atoms with Crippen LogP contribution < -0.4 is 29.2 Å². The summed E-state index contributed by atoms with van der Waals surface area (Å²) < 4.78 is 46.8. The molecule has 1 amide bonds. The predicted octanol–water partition coefficient (Wildman–Crippen LogP) is 1.88. The average Bonchev–Trinajstić information content (AvgIpc) is 2.73. The summed E-state index contributed by atoms with van der Waals surface area (Å²) in [7, 11) is -4.03. The number of hydrazine groups is 1. The van der Waals surface area contributed by atoms with E-state index in [1.54, 1.807) is 13.0 Å². The Morgan fingerprint density at radius 1 is 0.966 bits per heavy atom. The molecule has 0 radical (unpaired) electrons. The molecule has 29 heavy (non-hydrogen) atoms. The summed E-state index contributed by atoms with van der Waals surface area (Å²) in [5.74, 6) is 1.07. The third-order valence-corrected chi connectivity index (χ3v) is 5.17. The summed E-state index contributed by atoms with van der Waals surface area (Å²) in [6.07, 6.45) is 0. The van der Waals surface area contributed by atoms with E-state index in [2.05, 4.69) is 10.3 Å². The normalized spacial score (nSPS) is 12.9. The number of nitrogens with one attached hydrogen (secondary N) is 2. The highest BCUT2D eigenvalue weighted by Gasteiger charge is 2.20. The molecule has 0 unspecified atom stereocenters. The van der Waals surface area contributed by atoms with Crippen LogP contribution in [0.3, 0.4) is 0 Å². The van der Waals surface area contributed by atoms with E-state index in [1.165, 1.54) is 30.3 Å². The summed E-state index contributed by atoms with van der Waals surface area (Å²) in [5.41, 5.74) is 2.41. The van der Waals surface area contributed by atoms with Crippen LogP contribution in [0.4, 0.5) is 0 Å². The van der Waals surface area contributed by atoms with Crippen LogP contribution in [0, 0.1) is 0 Å². The maximum atomic E-state index is 12.6. The zero-order chi connectivity index (χ0) is 20.9. The molecular formula is C19H22N2O7S. The van der Waals surface area contributed by atoms with E-state index in [0.717, 1.165) is 0 Å². The van der Waals surface area contributed by atoms with E-state index in [9.17, 15) is 13.2 Å². The summed E-state index contributed by atoms with van der Waals surface area (Å²) in [6.45, 7) is 5.17. The number of rotatable bonds is 8. The van der Waals surface area contributed by atoms with E-state index in [-0.39, 0.29) is 10.5 Å². The molecule has 0 aliphatic carbocycles. The Kier molecular flexibility index (Phi) is 6.45. The Morgan fingerprint density at radius 3 is 2.38 bits per heavy atom. The lowest BCUT2D eigenvalue weighted by Crippen LogP contribution is -2.41. The van der Waals surface area contributed by atoms with E-state index in [4.69, 9.17) is 18.9 Å². The number of ether oxygens (including phenoxy) is 4. The van der Waals surface area contributed by atoms with Gasteiger partial charge in [0.2, 0.25) is 0 Å². The second-order valence-electron chi connectivity index (χ2n) is 5.89. The molecule has 0 bridgehead atoms. The molecular weight excluding hydrogens is 400 g/mol. The topological polar surface area (TPSA) is 112 Å². The molecule has 3 rings (SSSR count). The highest BCUT2D eigenvalue weighted by molar-refractivity contribution is 7.89. The molecule has 9 nitrogen and oxygen atoms in total. The minimum absolute atomic E-state index is 0.0770. The molecule has 0 spiro atoms. The molecule has 2 aromatic carbocycles. The van der Waals surface area contributed by atoms with Crippen LogP contribution in [0.15, 0.2) is 41.3 Å². The van der Waals surface area contributed by atoms with Gasteiger partial charge in [0.25, 0.3) is 15.9 Å². The largest absolute Gasteiger partial charge is 0.490 e. The molecule has 1 aliphatic heterocycles. The second kappa shape index (κ2) is 9.01. The summed E-state index contributed by atoms with van der Waals surface area (Å²) >= 11 is 0. The number of carbonyl (C=O) groups is 1. The standard InChI is InChI=1S/C19H22N2O7S/c1-3-25-15-8-6-14(12-18(15)26-4-2)29(23,24)21-20-19(22)13-5-7-16-17(11-13)28-10-9-27-16/h5-8,11-12,21H,3-4,9-10H2,1-2H3,(H,20,22). The average molecular weight is 422 g/mol. The van der Waals surface area contributed by atoms with Crippen LogP contribution in [-0.2, 0) is 10.0 Å². The van der Waals surface area contributed by atoms with Crippen molar-refractivity contribution in [3.63, 3.8) is 0 Å². The van der Waals surface area contributed by atoms with E-state index >= 15 is 0 Å². The lowest BCUT2D eigenvalue weighted by atomic mass is 10.2. The molecule has 0 aromatic heterocycles. The third-order valence-electron chi connectivity index (χ3n) is 3.93. The maximum absolute atomic E-state index is 12.6. The van der Waals surface area contributed by atoms with Gasteiger partial charge in [-0.1, -0.05) is 0 Å². The van der Waals surface area contributed by atoms with Crippen molar-refractivity contribution in [1.82, 2.24) is 10.3 Å². The van der Waals surface area contributed by atoms with Crippen LogP contribution in [0.2, 0.25) is 0 Å². The summed E-state index contributed by atoms with van der Waals surface area (Å²) in [6, 6.07) is 8.81. The van der Waals surface area contributed by atoms with Gasteiger partial charge < -0.3 is 18.9 Å². The molecule has 10 heteroatoms. The first kappa shape index (κ1) is 20.7. The van der Waals surface area contributed by atoms with E-state index < -0.39 is 15.9 Å². The zero-order valence-electron chi connectivity index (χ0n) is 16.1. The molecule has 156 valence electrons. The molecule has 0 fully saturated rings. The van der Waals surface area contributed by atoms with Gasteiger partial charge in [0.15, 0.2) is 23.0 Å². The Hall–Kier alpha value is -2.98. The Labute approximate surface area is 168 Å². The lowest BCUT2D eigenvalue weighted by Gasteiger charge is -2.18. The Morgan fingerprint density at radius 2 is 1.66 bits per heavy atom. The second-order valence-corrected chi connectivity index (χ2v) is 7.58. The monoisotopic (exact) mass is 422 g/mol. The van der Waals surface area contributed by atoms with Crippen LogP contribution in [0.25, 0.3) is 0 Å². The highest BCUT2D eigenvalue weighted by Crippen LogP contribution is 2.31. The number of carbonyl (C=O) groups excluding carboxylic acids is 1. The smallest absolute Gasteiger partial charge is 0.266 e. The van der Waals surface area contributed by atoms with Gasteiger partial charge in [-0.05, 0) is 44.2 Å². The minimum Gasteiger partial charge on any atom is -0.490 e. The summed E-state index contributed by atoms with van der Waals surface area (Å²) in [5, 5.41) is 0. The van der Waals surface area contributed by atoms with Crippen LogP contribution in [0.5, 0.6) is 23.0 Å².